The maximum atomic E-state index is 12.8. The summed E-state index contributed by atoms with van der Waals surface area (Å²) < 4.78 is 5.49. The Balaban J connectivity index is 0.00000280. The van der Waals surface area contributed by atoms with Gasteiger partial charge in [-0.25, -0.2) is 9.98 Å². The Kier molecular flexibility index (Phi) is 7.53. The highest BCUT2D eigenvalue weighted by Gasteiger charge is 2.25. The molecule has 0 bridgehead atoms. The lowest BCUT2D eigenvalue weighted by atomic mass is 10.00. The van der Waals surface area contributed by atoms with E-state index in [9.17, 15) is 4.79 Å². The first kappa shape index (κ1) is 25.4. The normalized spacial score (nSPS) is 17.1. The number of nitrogens with zero attached hydrogens (tertiary/aromatic N) is 5. The van der Waals surface area contributed by atoms with Crippen molar-refractivity contribution in [1.29, 1.82) is 0 Å². The van der Waals surface area contributed by atoms with Crippen LogP contribution in [-0.2, 0) is 28.8 Å². The highest BCUT2D eigenvalue weighted by atomic mass is 35.5. The Morgan fingerprint density at radius 1 is 0.973 bits per heavy atom. The van der Waals surface area contributed by atoms with Crippen molar-refractivity contribution >= 4 is 41.1 Å². The maximum absolute atomic E-state index is 12.8. The summed E-state index contributed by atoms with van der Waals surface area (Å²) in [5, 5.41) is 0. The van der Waals surface area contributed by atoms with Gasteiger partial charge in [0.25, 0.3) is 0 Å². The fourth-order valence-electron chi connectivity index (χ4n) is 5.25. The number of rotatable bonds is 7. The number of ether oxygens (including phenoxy) is 1. The smallest absolute Gasteiger partial charge is 0.154 e. The molecule has 1 aromatic carbocycles. The first-order valence-corrected chi connectivity index (χ1v) is 12.8. The molecule has 192 valence electrons. The van der Waals surface area contributed by atoms with Crippen LogP contribution in [0.2, 0.25) is 0 Å². The molecular formula is C29H32ClN5O2. The number of anilines is 2. The summed E-state index contributed by atoms with van der Waals surface area (Å²) in [5.74, 6) is 1.87. The number of carbonyl (C=O) groups excluding carboxylic acids is 1. The number of halogens is 1. The molecule has 2 fully saturated rings. The van der Waals surface area contributed by atoms with Crippen LogP contribution < -0.4 is 9.80 Å². The average Bonchev–Trinajstić information content (AvgIpc) is 3.32. The minimum absolute atomic E-state index is 0. The summed E-state index contributed by atoms with van der Waals surface area (Å²) in [6.07, 6.45) is 5.26. The van der Waals surface area contributed by atoms with E-state index >= 15 is 0 Å². The van der Waals surface area contributed by atoms with Crippen LogP contribution in [0.3, 0.4) is 0 Å². The van der Waals surface area contributed by atoms with Gasteiger partial charge in [0.2, 0.25) is 0 Å². The third kappa shape index (κ3) is 5.53. The Hall–Kier alpha value is -3.29. The minimum atomic E-state index is 0. The lowest BCUT2D eigenvalue weighted by Crippen LogP contribution is -2.45. The molecule has 0 radical (unpaired) electrons. The van der Waals surface area contributed by atoms with Crippen molar-refractivity contribution < 1.29 is 9.53 Å². The van der Waals surface area contributed by atoms with E-state index in [4.69, 9.17) is 9.73 Å². The molecule has 2 aromatic heterocycles. The number of ketones is 1. The molecule has 3 aromatic rings. The van der Waals surface area contributed by atoms with Crippen molar-refractivity contribution in [3.63, 3.8) is 0 Å². The van der Waals surface area contributed by atoms with Crippen LogP contribution >= 0.6 is 12.4 Å². The molecule has 0 spiro atoms. The second-order valence-electron chi connectivity index (χ2n) is 10.1. The molecule has 3 aliphatic heterocycles. The molecular weight excluding hydrogens is 486 g/mol. The van der Waals surface area contributed by atoms with Crippen molar-refractivity contribution in [3.8, 4) is 0 Å². The van der Waals surface area contributed by atoms with E-state index in [-0.39, 0.29) is 18.2 Å². The fraction of sp³-hybridized carbons (Fsp3) is 0.379. The quantitative estimate of drug-likeness (QED) is 0.467. The Morgan fingerprint density at radius 3 is 2.49 bits per heavy atom. The van der Waals surface area contributed by atoms with Gasteiger partial charge < -0.3 is 14.5 Å². The molecule has 7 nitrogen and oxygen atoms in total. The summed E-state index contributed by atoms with van der Waals surface area (Å²) in [7, 11) is 0. The van der Waals surface area contributed by atoms with Gasteiger partial charge >= 0.3 is 0 Å². The van der Waals surface area contributed by atoms with E-state index in [1.54, 1.807) is 0 Å². The van der Waals surface area contributed by atoms with E-state index in [0.717, 1.165) is 85.8 Å². The van der Waals surface area contributed by atoms with Crippen LogP contribution in [0.5, 0.6) is 0 Å². The Labute approximate surface area is 224 Å². The topological polar surface area (TPSA) is 70.9 Å². The van der Waals surface area contributed by atoms with Crippen molar-refractivity contribution in [2.24, 2.45) is 10.9 Å². The average molecular weight is 518 g/mol. The summed E-state index contributed by atoms with van der Waals surface area (Å²) in [5.41, 5.74) is 7.36. The van der Waals surface area contributed by atoms with Crippen LogP contribution in [0.15, 0.2) is 59.9 Å². The number of aromatic nitrogens is 2. The fourth-order valence-corrected chi connectivity index (χ4v) is 5.25. The van der Waals surface area contributed by atoms with Gasteiger partial charge in [-0.05, 0) is 40.8 Å². The van der Waals surface area contributed by atoms with Gasteiger partial charge in [0, 0.05) is 69.2 Å². The number of pyridine rings is 2. The van der Waals surface area contributed by atoms with Gasteiger partial charge in [0.1, 0.15) is 11.5 Å². The van der Waals surface area contributed by atoms with Gasteiger partial charge in [0.05, 0.1) is 18.9 Å². The third-order valence-electron chi connectivity index (χ3n) is 7.20. The van der Waals surface area contributed by atoms with Crippen LogP contribution in [0.4, 0.5) is 17.2 Å². The number of carbonyl (C=O) groups is 1. The summed E-state index contributed by atoms with van der Waals surface area (Å²) in [4.78, 5) is 31.4. The number of fused-ring (bicyclic) bond motifs is 1. The number of hydrogen-bond acceptors (Lipinski definition) is 7. The van der Waals surface area contributed by atoms with E-state index in [1.807, 2.05) is 30.6 Å². The molecule has 37 heavy (non-hydrogen) atoms. The zero-order valence-corrected chi connectivity index (χ0v) is 21.9. The molecule has 0 unspecified atom stereocenters. The summed E-state index contributed by atoms with van der Waals surface area (Å²) in [6, 6.07) is 14.4. The zero-order chi connectivity index (χ0) is 24.5. The summed E-state index contributed by atoms with van der Waals surface area (Å²) >= 11 is 0. The molecule has 6 rings (SSSR count). The van der Waals surface area contributed by atoms with E-state index in [0.29, 0.717) is 12.8 Å². The first-order chi connectivity index (χ1) is 17.6. The molecule has 0 amide bonds. The van der Waals surface area contributed by atoms with Gasteiger partial charge in [0.15, 0.2) is 5.82 Å². The highest BCUT2D eigenvalue weighted by Crippen LogP contribution is 2.36. The predicted molar refractivity (Wildman–Crippen MR) is 149 cm³/mol. The Morgan fingerprint density at radius 2 is 1.73 bits per heavy atom. The molecule has 0 aliphatic carbocycles. The molecule has 0 saturated carbocycles. The minimum Gasteiger partial charge on any atom is -0.378 e. The lowest BCUT2D eigenvalue weighted by molar-refractivity contribution is -0.117. The van der Waals surface area contributed by atoms with Crippen molar-refractivity contribution in [1.82, 2.24) is 9.97 Å². The zero-order valence-electron chi connectivity index (χ0n) is 21.1. The standard InChI is InChI=1S/C29H31N5O2.ClH/c1-20-18-34(19-20)25-7-9-30-24(16-25)17-26(35)14-21-2-4-22(5-3-21)27-15-23-6-8-31-29(28(23)32-27)33-10-12-36-13-11-33;/h2-9,16,20H,10-15,17-19H2,1H3;1H. The van der Waals surface area contributed by atoms with Crippen LogP contribution in [0.1, 0.15) is 29.3 Å². The monoisotopic (exact) mass is 517 g/mol. The van der Waals surface area contributed by atoms with E-state index < -0.39 is 0 Å². The summed E-state index contributed by atoms with van der Waals surface area (Å²) in [6.45, 7) is 7.53. The first-order valence-electron chi connectivity index (χ1n) is 12.8. The predicted octanol–water partition coefficient (Wildman–Crippen LogP) is 4.22. The number of aliphatic imine (C=N–C) groups is 1. The largest absolute Gasteiger partial charge is 0.378 e. The highest BCUT2D eigenvalue weighted by molar-refractivity contribution is 6.07. The SMILES string of the molecule is CC1CN(c2ccnc(CC(=O)Cc3ccc(C4=Nc5c(ccnc5N5CCOCC5)C4)cc3)c2)C1.Cl. The van der Waals surface area contributed by atoms with Crippen LogP contribution in [-0.4, -0.2) is 60.9 Å². The Bertz CT molecular complexity index is 1300. The molecule has 8 heteroatoms. The van der Waals surface area contributed by atoms with Crippen molar-refractivity contribution in [3.05, 3.63) is 77.2 Å². The van der Waals surface area contributed by atoms with Gasteiger partial charge in [-0.15, -0.1) is 12.4 Å². The van der Waals surface area contributed by atoms with Gasteiger partial charge in [-0.2, -0.15) is 0 Å². The van der Waals surface area contributed by atoms with Gasteiger partial charge in [-0.3, -0.25) is 9.78 Å². The number of morpholine rings is 1. The second-order valence-corrected chi connectivity index (χ2v) is 10.1. The molecule has 5 heterocycles. The van der Waals surface area contributed by atoms with Crippen LogP contribution in [0, 0.1) is 5.92 Å². The third-order valence-corrected chi connectivity index (χ3v) is 7.20. The maximum Gasteiger partial charge on any atom is 0.154 e. The lowest BCUT2D eigenvalue weighted by Gasteiger charge is -2.39. The van der Waals surface area contributed by atoms with E-state index in [1.165, 1.54) is 11.3 Å². The number of hydrogen-bond donors (Lipinski definition) is 0. The van der Waals surface area contributed by atoms with Crippen LogP contribution in [0.25, 0.3) is 0 Å². The molecule has 2 saturated heterocycles. The number of Topliss-reactive ketones (excluding diaryl/α,β-unsaturated/α-hetero) is 1. The molecule has 3 aliphatic rings. The molecule has 0 atom stereocenters. The second kappa shape index (κ2) is 11.0. The van der Waals surface area contributed by atoms with E-state index in [2.05, 4.69) is 51.0 Å². The molecule has 0 N–H and O–H groups in total. The van der Waals surface area contributed by atoms with Crippen molar-refractivity contribution in [2.45, 2.75) is 26.2 Å². The van der Waals surface area contributed by atoms with Gasteiger partial charge in [-0.1, -0.05) is 31.2 Å². The van der Waals surface area contributed by atoms with Crippen molar-refractivity contribution in [2.75, 3.05) is 49.2 Å². The number of benzene rings is 1.